The van der Waals surface area contributed by atoms with E-state index in [1.54, 1.807) is 36.4 Å². The van der Waals surface area contributed by atoms with Gasteiger partial charge in [0.05, 0.1) is 17.2 Å². The molecule has 2 aromatic rings. The van der Waals surface area contributed by atoms with Crippen LogP contribution in [0.3, 0.4) is 0 Å². The molecular weight excluding hydrogens is 381 g/mol. The lowest BCUT2D eigenvalue weighted by Crippen LogP contribution is -2.42. The molecule has 1 aliphatic rings. The van der Waals surface area contributed by atoms with Crippen molar-refractivity contribution in [3.8, 4) is 0 Å². The Balaban J connectivity index is 1.66. The molecular formula is C24H30FN3O2. The van der Waals surface area contributed by atoms with Crippen LogP contribution in [0, 0.1) is 11.7 Å². The molecule has 5 nitrogen and oxygen atoms in total. The quantitative estimate of drug-likeness (QED) is 0.775. The van der Waals surface area contributed by atoms with Crippen molar-refractivity contribution in [2.45, 2.75) is 45.7 Å². The average molecular weight is 412 g/mol. The molecule has 2 aromatic carbocycles. The van der Waals surface area contributed by atoms with Gasteiger partial charge in [-0.3, -0.25) is 14.5 Å². The molecule has 0 saturated carbocycles. The summed E-state index contributed by atoms with van der Waals surface area (Å²) in [6.45, 7) is 7.63. The first-order chi connectivity index (χ1) is 14.2. The summed E-state index contributed by atoms with van der Waals surface area (Å²) >= 11 is 0. The highest BCUT2D eigenvalue weighted by Crippen LogP contribution is 2.23. The van der Waals surface area contributed by atoms with E-state index >= 15 is 0 Å². The lowest BCUT2D eigenvalue weighted by Gasteiger charge is -2.32. The van der Waals surface area contributed by atoms with Gasteiger partial charge in [-0.25, -0.2) is 4.39 Å². The highest BCUT2D eigenvalue weighted by Gasteiger charge is 2.27. The van der Waals surface area contributed by atoms with E-state index in [1.807, 2.05) is 26.8 Å². The van der Waals surface area contributed by atoms with Crippen molar-refractivity contribution in [3.63, 3.8) is 0 Å². The summed E-state index contributed by atoms with van der Waals surface area (Å²) in [6, 6.07) is 13.8. The molecule has 1 unspecified atom stereocenters. The Morgan fingerprint density at radius 1 is 1.10 bits per heavy atom. The van der Waals surface area contributed by atoms with Gasteiger partial charge in [0.25, 0.3) is 5.91 Å². The third kappa shape index (κ3) is 5.89. The summed E-state index contributed by atoms with van der Waals surface area (Å²) in [5, 5.41) is 5.88. The number of likely N-dealkylation sites (tertiary alicyclic amines) is 1. The van der Waals surface area contributed by atoms with Crippen molar-refractivity contribution in [2.24, 2.45) is 5.92 Å². The van der Waals surface area contributed by atoms with Crippen LogP contribution in [0.1, 0.15) is 49.5 Å². The van der Waals surface area contributed by atoms with E-state index in [4.69, 9.17) is 0 Å². The number of hydrogen-bond acceptors (Lipinski definition) is 3. The number of nitrogens with one attached hydrogen (secondary N) is 2. The fourth-order valence-electron chi connectivity index (χ4n) is 3.71. The van der Waals surface area contributed by atoms with Crippen molar-refractivity contribution in [1.29, 1.82) is 0 Å². The fourth-order valence-corrected chi connectivity index (χ4v) is 3.71. The maximum Gasteiger partial charge on any atom is 0.253 e. The summed E-state index contributed by atoms with van der Waals surface area (Å²) < 4.78 is 14.0. The lowest BCUT2D eigenvalue weighted by atomic mass is 9.96. The van der Waals surface area contributed by atoms with Crippen LogP contribution in [-0.2, 0) is 11.3 Å². The largest absolute Gasteiger partial charge is 0.347 e. The summed E-state index contributed by atoms with van der Waals surface area (Å²) in [6.07, 6.45) is 1.65. The monoisotopic (exact) mass is 411 g/mol. The molecule has 2 N–H and O–H groups in total. The second-order valence-electron chi connectivity index (χ2n) is 8.90. The van der Waals surface area contributed by atoms with Crippen LogP contribution in [0.25, 0.3) is 0 Å². The predicted octanol–water partition coefficient (Wildman–Crippen LogP) is 4.20. The summed E-state index contributed by atoms with van der Waals surface area (Å²) in [4.78, 5) is 27.7. The van der Waals surface area contributed by atoms with Gasteiger partial charge >= 0.3 is 0 Å². The smallest absolute Gasteiger partial charge is 0.253 e. The van der Waals surface area contributed by atoms with Crippen LogP contribution in [-0.4, -0.2) is 35.3 Å². The molecule has 0 spiro atoms. The number of anilines is 1. The standard InChI is InChI=1S/C24H30FN3O2/c1-24(2,3)27-23(30)19-11-5-7-13-21(19)26-22(29)18-10-8-14-28(16-18)15-17-9-4-6-12-20(17)25/h4-7,9,11-13,18H,8,10,14-16H2,1-3H3,(H,26,29)(H,27,30). The number of benzene rings is 2. The normalized spacial score (nSPS) is 17.4. The molecule has 2 amide bonds. The first kappa shape index (κ1) is 22.0. The molecule has 1 heterocycles. The van der Waals surface area contributed by atoms with E-state index in [-0.39, 0.29) is 29.1 Å². The maximum atomic E-state index is 14.0. The number of hydrogen-bond donors (Lipinski definition) is 2. The van der Waals surface area contributed by atoms with Crippen LogP contribution >= 0.6 is 0 Å². The lowest BCUT2D eigenvalue weighted by molar-refractivity contribution is -0.121. The van der Waals surface area contributed by atoms with Crippen molar-refractivity contribution in [3.05, 3.63) is 65.5 Å². The second kappa shape index (κ2) is 9.39. The predicted molar refractivity (Wildman–Crippen MR) is 117 cm³/mol. The first-order valence-corrected chi connectivity index (χ1v) is 10.4. The van der Waals surface area contributed by atoms with Gasteiger partial charge in [0.15, 0.2) is 0 Å². The molecule has 3 rings (SSSR count). The minimum absolute atomic E-state index is 0.107. The van der Waals surface area contributed by atoms with Crippen LogP contribution in [0.4, 0.5) is 10.1 Å². The SMILES string of the molecule is CC(C)(C)NC(=O)c1ccccc1NC(=O)C1CCCN(Cc2ccccc2F)C1. The highest BCUT2D eigenvalue weighted by atomic mass is 19.1. The third-order valence-electron chi connectivity index (χ3n) is 5.15. The molecule has 0 bridgehead atoms. The second-order valence-corrected chi connectivity index (χ2v) is 8.90. The number of nitrogens with zero attached hydrogens (tertiary/aromatic N) is 1. The summed E-state index contributed by atoms with van der Waals surface area (Å²) in [5.41, 5.74) is 1.23. The summed E-state index contributed by atoms with van der Waals surface area (Å²) in [7, 11) is 0. The Hall–Kier alpha value is -2.73. The van der Waals surface area contributed by atoms with Gasteiger partial charge in [0, 0.05) is 24.2 Å². The maximum absolute atomic E-state index is 14.0. The first-order valence-electron chi connectivity index (χ1n) is 10.4. The Kier molecular flexibility index (Phi) is 6.87. The number of halogens is 1. The van der Waals surface area contributed by atoms with Gasteiger partial charge in [-0.15, -0.1) is 0 Å². The molecule has 0 aliphatic carbocycles. The van der Waals surface area contributed by atoms with Gasteiger partial charge in [-0.1, -0.05) is 30.3 Å². The van der Waals surface area contributed by atoms with Gasteiger partial charge < -0.3 is 10.6 Å². The van der Waals surface area contributed by atoms with Gasteiger partial charge in [-0.05, 0) is 58.4 Å². The van der Waals surface area contributed by atoms with Crippen molar-refractivity contribution >= 4 is 17.5 Å². The summed E-state index contributed by atoms with van der Waals surface area (Å²) in [5.74, 6) is -0.750. The molecule has 0 aromatic heterocycles. The third-order valence-corrected chi connectivity index (χ3v) is 5.15. The van der Waals surface area contributed by atoms with Crippen molar-refractivity contribution in [2.75, 3.05) is 18.4 Å². The van der Waals surface area contributed by atoms with Crippen molar-refractivity contribution in [1.82, 2.24) is 10.2 Å². The molecule has 1 aliphatic heterocycles. The Morgan fingerprint density at radius 3 is 2.53 bits per heavy atom. The molecule has 6 heteroatoms. The number of amides is 2. The molecule has 1 saturated heterocycles. The molecule has 160 valence electrons. The van der Waals surface area contributed by atoms with E-state index in [0.717, 1.165) is 19.4 Å². The van der Waals surface area contributed by atoms with E-state index in [1.165, 1.54) is 6.07 Å². The zero-order valence-electron chi connectivity index (χ0n) is 17.9. The zero-order valence-corrected chi connectivity index (χ0v) is 17.9. The van der Waals surface area contributed by atoms with Crippen LogP contribution in [0.5, 0.6) is 0 Å². The van der Waals surface area contributed by atoms with Gasteiger partial charge in [-0.2, -0.15) is 0 Å². The zero-order chi connectivity index (χ0) is 21.7. The minimum Gasteiger partial charge on any atom is -0.347 e. The number of para-hydroxylation sites is 1. The van der Waals surface area contributed by atoms with Crippen LogP contribution < -0.4 is 10.6 Å². The topological polar surface area (TPSA) is 61.4 Å². The highest BCUT2D eigenvalue weighted by molar-refractivity contribution is 6.04. The van der Waals surface area contributed by atoms with E-state index in [2.05, 4.69) is 15.5 Å². The average Bonchev–Trinajstić information content (AvgIpc) is 2.69. The Morgan fingerprint density at radius 2 is 1.80 bits per heavy atom. The van der Waals surface area contributed by atoms with Crippen LogP contribution in [0.15, 0.2) is 48.5 Å². The van der Waals surface area contributed by atoms with Gasteiger partial charge in [0.1, 0.15) is 5.82 Å². The molecule has 30 heavy (non-hydrogen) atoms. The van der Waals surface area contributed by atoms with E-state index < -0.39 is 0 Å². The van der Waals surface area contributed by atoms with E-state index in [9.17, 15) is 14.0 Å². The minimum atomic E-state index is -0.370. The Labute approximate surface area is 177 Å². The van der Waals surface area contributed by atoms with Crippen LogP contribution in [0.2, 0.25) is 0 Å². The van der Waals surface area contributed by atoms with Gasteiger partial charge in [0.2, 0.25) is 5.91 Å². The molecule has 1 fully saturated rings. The Bertz CT molecular complexity index is 907. The van der Waals surface area contributed by atoms with Crippen molar-refractivity contribution < 1.29 is 14.0 Å². The fraction of sp³-hybridized carbons (Fsp3) is 0.417. The number of carbonyl (C=O) groups is 2. The van der Waals surface area contributed by atoms with E-state index in [0.29, 0.717) is 29.9 Å². The number of carbonyl (C=O) groups excluding carboxylic acids is 2. The molecule has 0 radical (unpaired) electrons. The molecule has 1 atom stereocenters. The number of rotatable bonds is 5. The number of piperidine rings is 1.